The summed E-state index contributed by atoms with van der Waals surface area (Å²) >= 11 is 0. The van der Waals surface area contributed by atoms with Crippen molar-refractivity contribution in [2.45, 2.75) is 13.0 Å². The number of hydrogen-bond acceptors (Lipinski definition) is 5. The molecule has 0 N–H and O–H groups in total. The van der Waals surface area contributed by atoms with Crippen LogP contribution in [0.25, 0.3) is 0 Å². The Labute approximate surface area is 142 Å². The van der Waals surface area contributed by atoms with Gasteiger partial charge in [0.25, 0.3) is 0 Å². The van der Waals surface area contributed by atoms with Crippen LogP contribution in [0.2, 0.25) is 0 Å². The molecule has 0 spiro atoms. The molecule has 2 aromatic carbocycles. The van der Waals surface area contributed by atoms with Crippen LogP contribution in [0.1, 0.15) is 27.6 Å². The second-order valence-corrected chi connectivity index (χ2v) is 7.65. The molecule has 0 fully saturated rings. The van der Waals surface area contributed by atoms with Crippen LogP contribution in [0.3, 0.4) is 0 Å². The summed E-state index contributed by atoms with van der Waals surface area (Å²) in [6.07, 6.45) is -0.786. The van der Waals surface area contributed by atoms with Crippen molar-refractivity contribution in [3.63, 3.8) is 0 Å². The third kappa shape index (κ3) is 4.78. The Morgan fingerprint density at radius 3 is 2.12 bits per heavy atom. The highest BCUT2D eigenvalue weighted by atomic mass is 31.2. The molecule has 0 saturated carbocycles. The van der Waals surface area contributed by atoms with E-state index >= 15 is 0 Å². The van der Waals surface area contributed by atoms with Crippen molar-refractivity contribution >= 4 is 13.6 Å². The van der Waals surface area contributed by atoms with Gasteiger partial charge in [-0.3, -0.25) is 4.57 Å². The lowest BCUT2D eigenvalue weighted by molar-refractivity contribution is 0.0333. The molecule has 0 aromatic heterocycles. The minimum Gasteiger partial charge on any atom is -0.453 e. The fraction of sp³-hybridized carbons (Fsp3) is 0.278. The smallest absolute Gasteiger partial charge is 0.338 e. The van der Waals surface area contributed by atoms with E-state index in [2.05, 4.69) is 0 Å². The van der Waals surface area contributed by atoms with Crippen LogP contribution < -0.4 is 0 Å². The first kappa shape index (κ1) is 18.4. The van der Waals surface area contributed by atoms with Crippen molar-refractivity contribution in [1.82, 2.24) is 0 Å². The Kier molecular flexibility index (Phi) is 6.32. The van der Waals surface area contributed by atoms with Gasteiger partial charge in [0.05, 0.1) is 11.7 Å². The third-order valence-electron chi connectivity index (χ3n) is 3.65. The van der Waals surface area contributed by atoms with E-state index in [-0.39, 0.29) is 6.16 Å². The van der Waals surface area contributed by atoms with Gasteiger partial charge in [-0.05, 0) is 24.6 Å². The number of hydrogen-bond donors (Lipinski definition) is 0. The Morgan fingerprint density at radius 2 is 1.58 bits per heavy atom. The van der Waals surface area contributed by atoms with Crippen molar-refractivity contribution in [1.29, 1.82) is 0 Å². The minimum atomic E-state index is -3.34. The molecule has 0 saturated heterocycles. The summed E-state index contributed by atoms with van der Waals surface area (Å²) in [5.41, 5.74) is 2.24. The van der Waals surface area contributed by atoms with Gasteiger partial charge >= 0.3 is 13.6 Å². The summed E-state index contributed by atoms with van der Waals surface area (Å²) < 4.78 is 28.1. The van der Waals surface area contributed by atoms with Crippen LogP contribution in [0.15, 0.2) is 54.6 Å². The zero-order valence-electron chi connectivity index (χ0n) is 14.0. The van der Waals surface area contributed by atoms with E-state index in [9.17, 15) is 9.36 Å². The average Bonchev–Trinajstić information content (AvgIpc) is 2.62. The molecule has 0 unspecified atom stereocenters. The van der Waals surface area contributed by atoms with Gasteiger partial charge in [-0.1, -0.05) is 48.0 Å². The fourth-order valence-electron chi connectivity index (χ4n) is 2.19. The number of benzene rings is 2. The number of aryl methyl sites for hydroxylation is 1. The minimum absolute atomic E-state index is 0.0539. The van der Waals surface area contributed by atoms with Gasteiger partial charge in [-0.15, -0.1) is 0 Å². The van der Waals surface area contributed by atoms with Crippen LogP contribution in [0.4, 0.5) is 0 Å². The van der Waals surface area contributed by atoms with Crippen LogP contribution >= 0.6 is 7.60 Å². The normalized spacial score (nSPS) is 12.6. The molecule has 6 heteroatoms. The second-order valence-electron chi connectivity index (χ2n) is 5.33. The highest BCUT2D eigenvalue weighted by Crippen LogP contribution is 2.50. The predicted octanol–water partition coefficient (Wildman–Crippen LogP) is 4.38. The van der Waals surface area contributed by atoms with Crippen LogP contribution in [-0.2, 0) is 18.3 Å². The molecular weight excluding hydrogens is 327 g/mol. The summed E-state index contributed by atoms with van der Waals surface area (Å²) in [7, 11) is -0.710. The Bertz CT molecular complexity index is 704. The van der Waals surface area contributed by atoms with Crippen LogP contribution in [0.5, 0.6) is 0 Å². The van der Waals surface area contributed by atoms with Crippen molar-refractivity contribution in [3.05, 3.63) is 71.3 Å². The quantitative estimate of drug-likeness (QED) is 0.549. The number of esters is 1. The van der Waals surface area contributed by atoms with Crippen LogP contribution in [-0.4, -0.2) is 26.4 Å². The first-order valence-corrected chi connectivity index (χ1v) is 9.23. The number of rotatable bonds is 7. The van der Waals surface area contributed by atoms with Crippen molar-refractivity contribution in [3.8, 4) is 0 Å². The van der Waals surface area contributed by atoms with E-state index in [1.54, 1.807) is 24.3 Å². The highest BCUT2D eigenvalue weighted by molar-refractivity contribution is 7.53. The van der Waals surface area contributed by atoms with Gasteiger partial charge in [-0.2, -0.15) is 0 Å². The fourth-order valence-corrected chi connectivity index (χ4v) is 3.33. The molecule has 0 heterocycles. The molecule has 2 rings (SSSR count). The van der Waals surface area contributed by atoms with Crippen molar-refractivity contribution < 1.29 is 23.1 Å². The Hall–Kier alpha value is -1.94. The molecule has 2 aromatic rings. The van der Waals surface area contributed by atoms with Gasteiger partial charge < -0.3 is 13.8 Å². The molecule has 5 nitrogen and oxygen atoms in total. The van der Waals surface area contributed by atoms with E-state index in [1.807, 2.05) is 37.3 Å². The van der Waals surface area contributed by atoms with Crippen molar-refractivity contribution in [2.24, 2.45) is 0 Å². The molecule has 1 atom stereocenters. The largest absolute Gasteiger partial charge is 0.453 e. The zero-order valence-corrected chi connectivity index (χ0v) is 14.9. The molecule has 0 aliphatic carbocycles. The molecule has 0 bridgehead atoms. The molecule has 128 valence electrons. The van der Waals surface area contributed by atoms with Crippen molar-refractivity contribution in [2.75, 3.05) is 20.4 Å². The molecular formula is C18H21O5P. The zero-order chi connectivity index (χ0) is 17.6. The summed E-state index contributed by atoms with van der Waals surface area (Å²) in [4.78, 5) is 12.4. The molecule has 0 aliphatic rings. The lowest BCUT2D eigenvalue weighted by Gasteiger charge is -2.22. The lowest BCUT2D eigenvalue weighted by atomic mass is 10.1. The molecule has 24 heavy (non-hydrogen) atoms. The standard InChI is InChI=1S/C18H21O5P/c1-14-9-11-15(12-10-14)17(13-24(20,21-2)22-3)23-18(19)16-7-5-4-6-8-16/h4-12,17H,13H2,1-3H3/t17-/m0/s1. The maximum absolute atomic E-state index is 12.5. The number of ether oxygens (including phenoxy) is 1. The molecule has 0 amide bonds. The van der Waals surface area contributed by atoms with Crippen LogP contribution in [0, 0.1) is 6.92 Å². The maximum atomic E-state index is 12.5. The average molecular weight is 348 g/mol. The van der Waals surface area contributed by atoms with Gasteiger partial charge in [0.2, 0.25) is 0 Å². The van der Waals surface area contributed by atoms with Gasteiger partial charge in [0.1, 0.15) is 6.10 Å². The number of carbonyl (C=O) groups excluding carboxylic acids is 1. The highest BCUT2D eigenvalue weighted by Gasteiger charge is 2.30. The SMILES string of the molecule is COP(=O)(C[C@H](OC(=O)c1ccccc1)c1ccc(C)cc1)OC. The predicted molar refractivity (Wildman–Crippen MR) is 92.3 cm³/mol. The van der Waals surface area contributed by atoms with Gasteiger partial charge in [0, 0.05) is 14.2 Å². The second kappa shape index (κ2) is 8.25. The lowest BCUT2D eigenvalue weighted by Crippen LogP contribution is -2.16. The monoisotopic (exact) mass is 348 g/mol. The van der Waals surface area contributed by atoms with E-state index in [0.29, 0.717) is 5.56 Å². The summed E-state index contributed by atoms with van der Waals surface area (Å²) in [5.74, 6) is -0.486. The van der Waals surface area contributed by atoms with E-state index in [4.69, 9.17) is 13.8 Å². The topological polar surface area (TPSA) is 61.8 Å². The summed E-state index contributed by atoms with van der Waals surface area (Å²) in [6, 6.07) is 16.2. The first-order valence-electron chi connectivity index (χ1n) is 7.50. The van der Waals surface area contributed by atoms with E-state index in [0.717, 1.165) is 11.1 Å². The Morgan fingerprint density at radius 1 is 1.00 bits per heavy atom. The van der Waals surface area contributed by atoms with Gasteiger partial charge in [-0.25, -0.2) is 4.79 Å². The first-order chi connectivity index (χ1) is 11.5. The third-order valence-corrected chi connectivity index (χ3v) is 5.55. The number of carbonyl (C=O) groups is 1. The van der Waals surface area contributed by atoms with E-state index in [1.165, 1.54) is 14.2 Å². The van der Waals surface area contributed by atoms with Gasteiger partial charge in [0.15, 0.2) is 0 Å². The summed E-state index contributed by atoms with van der Waals surface area (Å²) in [6.45, 7) is 1.96. The maximum Gasteiger partial charge on any atom is 0.338 e. The van der Waals surface area contributed by atoms with E-state index < -0.39 is 19.7 Å². The Balaban J connectivity index is 2.27. The molecule has 0 aliphatic heterocycles. The molecule has 0 radical (unpaired) electrons. The summed E-state index contributed by atoms with van der Waals surface area (Å²) in [5, 5.41) is 0.